The highest BCUT2D eigenvalue weighted by molar-refractivity contribution is 5.95. The molecular weight excluding hydrogens is 190 g/mol. The van der Waals surface area contributed by atoms with E-state index in [1.807, 2.05) is 24.3 Å². The van der Waals surface area contributed by atoms with Crippen LogP contribution in [0.4, 0.5) is 0 Å². The number of amides is 1. The average molecular weight is 199 g/mol. The summed E-state index contributed by atoms with van der Waals surface area (Å²) in [6, 6.07) is 7.54. The number of aromatic nitrogens is 2. The fourth-order valence-corrected chi connectivity index (χ4v) is 1.48. The first-order valence-corrected chi connectivity index (χ1v) is 4.86. The zero-order valence-corrected chi connectivity index (χ0v) is 8.05. The number of carbonyl (C=O) groups is 1. The van der Waals surface area contributed by atoms with Crippen molar-refractivity contribution in [1.82, 2.24) is 14.9 Å². The molecule has 0 unspecified atom stereocenters. The Morgan fingerprint density at radius 2 is 1.93 bits per heavy atom. The molecule has 0 aliphatic carbocycles. The van der Waals surface area contributed by atoms with Crippen LogP contribution in [0, 0.1) is 0 Å². The highest BCUT2D eigenvalue weighted by Gasteiger charge is 2.26. The Morgan fingerprint density at radius 3 is 2.67 bits per heavy atom. The van der Waals surface area contributed by atoms with Crippen molar-refractivity contribution in [3.8, 4) is 0 Å². The van der Waals surface area contributed by atoms with Gasteiger partial charge in [0.1, 0.15) is 5.69 Å². The zero-order chi connectivity index (χ0) is 10.3. The van der Waals surface area contributed by atoms with Crippen LogP contribution in [0.5, 0.6) is 0 Å². The quantitative estimate of drug-likeness (QED) is 0.646. The van der Waals surface area contributed by atoms with E-state index in [1.165, 1.54) is 0 Å². The first-order valence-electron chi connectivity index (χ1n) is 4.86. The van der Waals surface area contributed by atoms with Gasteiger partial charge < -0.3 is 4.90 Å². The second-order valence-electron chi connectivity index (χ2n) is 3.54. The molecule has 74 valence electrons. The fourth-order valence-electron chi connectivity index (χ4n) is 1.48. The lowest BCUT2D eigenvalue weighted by Gasteiger charge is -2.01. The number of carbonyl (C=O) groups excluding carboxylic acids is 1. The smallest absolute Gasteiger partial charge is 0.274 e. The molecule has 0 bridgehead atoms. The number of fused-ring (bicyclic) bond motifs is 1. The lowest BCUT2D eigenvalue weighted by atomic mass is 10.3. The van der Waals surface area contributed by atoms with Gasteiger partial charge in [0.15, 0.2) is 0 Å². The van der Waals surface area contributed by atoms with Crippen molar-refractivity contribution >= 4 is 16.9 Å². The molecule has 1 aromatic carbocycles. The van der Waals surface area contributed by atoms with Crippen molar-refractivity contribution in [2.45, 2.75) is 0 Å². The van der Waals surface area contributed by atoms with Crippen molar-refractivity contribution in [2.24, 2.45) is 0 Å². The van der Waals surface area contributed by atoms with Gasteiger partial charge in [-0.3, -0.25) is 9.78 Å². The predicted octanol–water partition coefficient (Wildman–Crippen LogP) is 1.09. The van der Waals surface area contributed by atoms with Crippen LogP contribution in [0.1, 0.15) is 10.5 Å². The van der Waals surface area contributed by atoms with Gasteiger partial charge >= 0.3 is 0 Å². The van der Waals surface area contributed by atoms with Crippen LogP contribution in [0.3, 0.4) is 0 Å². The summed E-state index contributed by atoms with van der Waals surface area (Å²) >= 11 is 0. The van der Waals surface area contributed by atoms with Crippen molar-refractivity contribution < 1.29 is 4.79 Å². The van der Waals surface area contributed by atoms with E-state index in [4.69, 9.17) is 0 Å². The molecule has 1 aromatic heterocycles. The van der Waals surface area contributed by atoms with E-state index in [2.05, 4.69) is 9.97 Å². The molecular formula is C11H9N3O. The summed E-state index contributed by atoms with van der Waals surface area (Å²) in [6.07, 6.45) is 1.54. The summed E-state index contributed by atoms with van der Waals surface area (Å²) in [6.45, 7) is 1.68. The average Bonchev–Trinajstić information content (AvgIpc) is 3.11. The Labute approximate surface area is 86.6 Å². The monoisotopic (exact) mass is 199 g/mol. The summed E-state index contributed by atoms with van der Waals surface area (Å²) in [5, 5.41) is 0. The molecule has 1 saturated heterocycles. The molecule has 4 nitrogen and oxygen atoms in total. The van der Waals surface area contributed by atoms with Crippen LogP contribution in [-0.4, -0.2) is 33.9 Å². The molecule has 0 N–H and O–H groups in total. The molecule has 2 heterocycles. The molecule has 4 heteroatoms. The third kappa shape index (κ3) is 1.44. The second kappa shape index (κ2) is 3.02. The van der Waals surface area contributed by atoms with Crippen molar-refractivity contribution in [1.29, 1.82) is 0 Å². The van der Waals surface area contributed by atoms with E-state index >= 15 is 0 Å². The number of benzene rings is 1. The maximum Gasteiger partial charge on any atom is 0.274 e. The largest absolute Gasteiger partial charge is 0.334 e. The number of rotatable bonds is 1. The van der Waals surface area contributed by atoms with E-state index in [-0.39, 0.29) is 5.91 Å². The van der Waals surface area contributed by atoms with Gasteiger partial charge in [0.05, 0.1) is 17.2 Å². The summed E-state index contributed by atoms with van der Waals surface area (Å²) in [5.74, 6) is -0.0201. The Bertz CT molecular complexity index is 534. The lowest BCUT2D eigenvalue weighted by molar-refractivity contribution is 0.0880. The molecule has 0 spiro atoms. The first-order chi connectivity index (χ1) is 7.34. The normalized spacial score (nSPS) is 14.3. The summed E-state index contributed by atoms with van der Waals surface area (Å²) in [4.78, 5) is 21.9. The van der Waals surface area contributed by atoms with Crippen LogP contribution >= 0.6 is 0 Å². The third-order valence-electron chi connectivity index (χ3n) is 2.40. The van der Waals surface area contributed by atoms with E-state index in [1.54, 1.807) is 11.1 Å². The van der Waals surface area contributed by atoms with Gasteiger partial charge in [-0.25, -0.2) is 4.98 Å². The third-order valence-corrected chi connectivity index (χ3v) is 2.40. The molecule has 15 heavy (non-hydrogen) atoms. The number of para-hydroxylation sites is 2. The maximum absolute atomic E-state index is 11.7. The van der Waals surface area contributed by atoms with Gasteiger partial charge in [0, 0.05) is 13.1 Å². The van der Waals surface area contributed by atoms with Crippen LogP contribution in [-0.2, 0) is 0 Å². The minimum atomic E-state index is -0.0201. The highest BCUT2D eigenvalue weighted by atomic mass is 16.2. The Kier molecular flexibility index (Phi) is 1.68. The van der Waals surface area contributed by atoms with Crippen LogP contribution in [0.25, 0.3) is 11.0 Å². The first kappa shape index (κ1) is 8.35. The summed E-state index contributed by atoms with van der Waals surface area (Å²) < 4.78 is 0. The number of hydrogen-bond donors (Lipinski definition) is 0. The van der Waals surface area contributed by atoms with Gasteiger partial charge in [0.2, 0.25) is 0 Å². The molecule has 1 fully saturated rings. The fraction of sp³-hybridized carbons (Fsp3) is 0.182. The van der Waals surface area contributed by atoms with Crippen LogP contribution in [0.2, 0.25) is 0 Å². The Morgan fingerprint density at radius 1 is 1.20 bits per heavy atom. The number of nitrogens with zero attached hydrogens (tertiary/aromatic N) is 3. The molecule has 0 radical (unpaired) electrons. The molecule has 1 amide bonds. The molecule has 0 atom stereocenters. The van der Waals surface area contributed by atoms with Crippen molar-refractivity contribution in [3.05, 3.63) is 36.2 Å². The van der Waals surface area contributed by atoms with E-state index in [9.17, 15) is 4.79 Å². The number of hydrogen-bond acceptors (Lipinski definition) is 3. The minimum absolute atomic E-state index is 0.0201. The molecule has 1 aliphatic rings. The topological polar surface area (TPSA) is 45.9 Å². The van der Waals surface area contributed by atoms with Gasteiger partial charge in [-0.05, 0) is 12.1 Å². The minimum Gasteiger partial charge on any atom is -0.334 e. The van der Waals surface area contributed by atoms with E-state index < -0.39 is 0 Å². The Balaban J connectivity index is 2.09. The molecule has 0 saturated carbocycles. The van der Waals surface area contributed by atoms with E-state index in [0.29, 0.717) is 5.69 Å². The van der Waals surface area contributed by atoms with Gasteiger partial charge in [-0.15, -0.1) is 0 Å². The lowest BCUT2D eigenvalue weighted by Crippen LogP contribution is -2.12. The van der Waals surface area contributed by atoms with Crippen molar-refractivity contribution in [2.75, 3.05) is 13.1 Å². The van der Waals surface area contributed by atoms with Crippen LogP contribution in [0.15, 0.2) is 30.5 Å². The standard InChI is InChI=1S/C11H9N3O/c15-11(14-5-6-14)10-7-12-8-3-1-2-4-9(8)13-10/h1-4,7H,5-6H2. The predicted molar refractivity (Wildman–Crippen MR) is 55.4 cm³/mol. The Hall–Kier alpha value is -1.97. The SMILES string of the molecule is O=C(c1cnc2ccccc2n1)N1CC1. The van der Waals surface area contributed by atoms with Gasteiger partial charge in [-0.2, -0.15) is 0 Å². The molecule has 3 rings (SSSR count). The van der Waals surface area contributed by atoms with Gasteiger partial charge in [0.25, 0.3) is 5.91 Å². The molecule has 1 aliphatic heterocycles. The highest BCUT2D eigenvalue weighted by Crippen LogP contribution is 2.13. The van der Waals surface area contributed by atoms with Crippen molar-refractivity contribution in [3.63, 3.8) is 0 Å². The van der Waals surface area contributed by atoms with Gasteiger partial charge in [-0.1, -0.05) is 12.1 Å². The summed E-state index contributed by atoms with van der Waals surface area (Å²) in [5.41, 5.74) is 2.02. The van der Waals surface area contributed by atoms with E-state index in [0.717, 1.165) is 24.1 Å². The molecule has 2 aromatic rings. The summed E-state index contributed by atoms with van der Waals surface area (Å²) in [7, 11) is 0. The zero-order valence-electron chi connectivity index (χ0n) is 8.05. The van der Waals surface area contributed by atoms with Crippen LogP contribution < -0.4 is 0 Å². The maximum atomic E-state index is 11.7. The second-order valence-corrected chi connectivity index (χ2v) is 3.54.